The predicted molar refractivity (Wildman–Crippen MR) is 76.2 cm³/mol. The van der Waals surface area contributed by atoms with Crippen molar-refractivity contribution < 1.29 is 13.9 Å². The van der Waals surface area contributed by atoms with Crippen LogP contribution in [0.15, 0.2) is 10.5 Å². The highest BCUT2D eigenvalue weighted by Crippen LogP contribution is 2.17. The molecule has 0 atom stereocenters. The molecule has 1 aromatic rings. The molecule has 4 nitrogen and oxygen atoms in total. The van der Waals surface area contributed by atoms with Crippen molar-refractivity contribution in [3.05, 3.63) is 23.2 Å². The Morgan fingerprint density at radius 2 is 2.11 bits per heavy atom. The zero-order chi connectivity index (χ0) is 14.3. The van der Waals surface area contributed by atoms with Crippen molar-refractivity contribution in [2.24, 2.45) is 0 Å². The molecule has 0 aliphatic heterocycles. The summed E-state index contributed by atoms with van der Waals surface area (Å²) in [4.78, 5) is 0. The van der Waals surface area contributed by atoms with Gasteiger partial charge >= 0.3 is 0 Å². The number of methoxy groups -OCH3 is 1. The lowest BCUT2D eigenvalue weighted by Crippen LogP contribution is -2.24. The highest BCUT2D eigenvalue weighted by Gasteiger charge is 2.15. The first-order valence-electron chi connectivity index (χ1n) is 6.90. The lowest BCUT2D eigenvalue weighted by atomic mass is 10.1. The van der Waals surface area contributed by atoms with E-state index in [1.54, 1.807) is 7.11 Å². The molecule has 4 heteroatoms. The first kappa shape index (κ1) is 16.2. The Labute approximate surface area is 116 Å². The Bertz CT molecular complexity index is 371. The second-order valence-electron chi connectivity index (χ2n) is 5.34. The zero-order valence-electron chi connectivity index (χ0n) is 12.8. The molecule has 0 aliphatic carbocycles. The van der Waals surface area contributed by atoms with Crippen LogP contribution < -0.4 is 5.32 Å². The van der Waals surface area contributed by atoms with E-state index in [1.165, 1.54) is 5.56 Å². The van der Waals surface area contributed by atoms with Gasteiger partial charge in [0.1, 0.15) is 18.1 Å². The van der Waals surface area contributed by atoms with E-state index in [4.69, 9.17) is 13.9 Å². The molecule has 0 saturated heterocycles. The maximum atomic E-state index is 5.67. The summed E-state index contributed by atoms with van der Waals surface area (Å²) in [7, 11) is 1.73. The lowest BCUT2D eigenvalue weighted by molar-refractivity contribution is -0.0143. The Kier molecular flexibility index (Phi) is 6.55. The van der Waals surface area contributed by atoms with E-state index >= 15 is 0 Å². The Balaban J connectivity index is 2.33. The van der Waals surface area contributed by atoms with E-state index < -0.39 is 0 Å². The Morgan fingerprint density at radius 3 is 2.74 bits per heavy atom. The van der Waals surface area contributed by atoms with Crippen molar-refractivity contribution in [3.8, 4) is 0 Å². The minimum Gasteiger partial charge on any atom is -0.464 e. The van der Waals surface area contributed by atoms with Gasteiger partial charge in [0.2, 0.25) is 0 Å². The molecule has 1 N–H and O–H groups in total. The molecule has 1 heterocycles. The molecular weight excluding hydrogens is 242 g/mol. The molecule has 19 heavy (non-hydrogen) atoms. The van der Waals surface area contributed by atoms with Gasteiger partial charge in [0.15, 0.2) is 0 Å². The molecule has 0 bridgehead atoms. The molecule has 0 spiro atoms. The van der Waals surface area contributed by atoms with Gasteiger partial charge in [-0.25, -0.2) is 0 Å². The van der Waals surface area contributed by atoms with E-state index in [0.717, 1.165) is 31.0 Å². The highest BCUT2D eigenvalue weighted by atomic mass is 16.5. The topological polar surface area (TPSA) is 43.6 Å². The first-order chi connectivity index (χ1) is 8.98. The van der Waals surface area contributed by atoms with Gasteiger partial charge in [-0.3, -0.25) is 0 Å². The summed E-state index contributed by atoms with van der Waals surface area (Å²) in [6.07, 6.45) is 0.868. The summed E-state index contributed by atoms with van der Waals surface area (Å²) in [5, 5.41) is 3.30. The third-order valence-corrected chi connectivity index (χ3v) is 3.28. The smallest absolute Gasteiger partial charge is 0.130 e. The van der Waals surface area contributed by atoms with E-state index in [-0.39, 0.29) is 5.60 Å². The van der Waals surface area contributed by atoms with Crippen molar-refractivity contribution in [1.29, 1.82) is 0 Å². The molecule has 0 amide bonds. The van der Waals surface area contributed by atoms with Crippen molar-refractivity contribution in [1.82, 2.24) is 5.32 Å². The summed E-state index contributed by atoms with van der Waals surface area (Å²) in [5.41, 5.74) is 1.08. The molecule has 110 valence electrons. The van der Waals surface area contributed by atoms with Crippen molar-refractivity contribution in [2.45, 2.75) is 52.9 Å². The predicted octanol–water partition coefficient (Wildman–Crippen LogP) is 3.03. The molecule has 0 unspecified atom stereocenters. The maximum absolute atomic E-state index is 5.67. The van der Waals surface area contributed by atoms with Crippen LogP contribution >= 0.6 is 0 Å². The van der Waals surface area contributed by atoms with Crippen molar-refractivity contribution >= 4 is 0 Å². The van der Waals surface area contributed by atoms with Gasteiger partial charge < -0.3 is 19.2 Å². The van der Waals surface area contributed by atoms with Crippen LogP contribution in [0, 0.1) is 6.92 Å². The van der Waals surface area contributed by atoms with Crippen LogP contribution in [0.1, 0.15) is 44.3 Å². The number of hydrogen-bond acceptors (Lipinski definition) is 4. The minimum atomic E-state index is -0.130. The summed E-state index contributed by atoms with van der Waals surface area (Å²) >= 11 is 0. The first-order valence-corrected chi connectivity index (χ1v) is 6.90. The second-order valence-corrected chi connectivity index (χ2v) is 5.34. The van der Waals surface area contributed by atoms with Crippen LogP contribution in [0.2, 0.25) is 0 Å². The van der Waals surface area contributed by atoms with Gasteiger partial charge in [0.05, 0.1) is 5.60 Å². The fourth-order valence-electron chi connectivity index (χ4n) is 1.69. The summed E-state index contributed by atoms with van der Waals surface area (Å²) in [6, 6.07) is 2.07. The summed E-state index contributed by atoms with van der Waals surface area (Å²) < 4.78 is 16.7. The Hall–Kier alpha value is -0.840. The molecule has 1 rings (SSSR count). The minimum absolute atomic E-state index is 0.130. The van der Waals surface area contributed by atoms with E-state index in [0.29, 0.717) is 13.2 Å². The van der Waals surface area contributed by atoms with Gasteiger partial charge in [-0.2, -0.15) is 0 Å². The average molecular weight is 269 g/mol. The highest BCUT2D eigenvalue weighted by molar-refractivity contribution is 5.20. The zero-order valence-corrected chi connectivity index (χ0v) is 12.8. The van der Waals surface area contributed by atoms with E-state index in [2.05, 4.69) is 32.2 Å². The molecule has 0 radical (unpaired) electrons. The molecule has 0 saturated carbocycles. The fourth-order valence-corrected chi connectivity index (χ4v) is 1.69. The standard InChI is InChI=1S/C15H27NO3/c1-6-16-10-13-9-14(19-12(13)2)11-18-8-7-15(3,4)17-5/h9,16H,6-8,10-11H2,1-5H3. The molecule has 0 aliphatic rings. The third kappa shape index (κ3) is 5.76. The van der Waals surface area contributed by atoms with Crippen LogP contribution in [0.3, 0.4) is 0 Å². The SMILES string of the molecule is CCNCc1cc(COCCC(C)(C)OC)oc1C. The van der Waals surface area contributed by atoms with E-state index in [1.807, 2.05) is 6.92 Å². The number of rotatable bonds is 9. The third-order valence-electron chi connectivity index (χ3n) is 3.28. The summed E-state index contributed by atoms with van der Waals surface area (Å²) in [6.45, 7) is 11.2. The van der Waals surface area contributed by atoms with Crippen LogP contribution in [-0.4, -0.2) is 25.9 Å². The van der Waals surface area contributed by atoms with Gasteiger partial charge in [0.25, 0.3) is 0 Å². The number of ether oxygens (including phenoxy) is 2. The lowest BCUT2D eigenvalue weighted by Gasteiger charge is -2.22. The van der Waals surface area contributed by atoms with Crippen molar-refractivity contribution in [3.63, 3.8) is 0 Å². The number of aryl methyl sites for hydroxylation is 1. The van der Waals surface area contributed by atoms with Crippen LogP contribution in [-0.2, 0) is 22.6 Å². The largest absolute Gasteiger partial charge is 0.464 e. The van der Waals surface area contributed by atoms with Crippen LogP contribution in [0.4, 0.5) is 0 Å². The second kappa shape index (κ2) is 7.68. The average Bonchev–Trinajstić information content (AvgIpc) is 2.73. The van der Waals surface area contributed by atoms with Crippen molar-refractivity contribution in [2.75, 3.05) is 20.3 Å². The Morgan fingerprint density at radius 1 is 1.37 bits per heavy atom. The molecular formula is C15H27NO3. The number of furan rings is 1. The summed E-state index contributed by atoms with van der Waals surface area (Å²) in [5.74, 6) is 1.86. The fraction of sp³-hybridized carbons (Fsp3) is 0.733. The molecule has 0 aromatic carbocycles. The van der Waals surface area contributed by atoms with Crippen LogP contribution in [0.25, 0.3) is 0 Å². The quantitative estimate of drug-likeness (QED) is 0.700. The number of hydrogen-bond donors (Lipinski definition) is 1. The number of nitrogens with one attached hydrogen (secondary N) is 1. The monoisotopic (exact) mass is 269 g/mol. The van der Waals surface area contributed by atoms with E-state index in [9.17, 15) is 0 Å². The molecule has 0 fully saturated rings. The molecule has 1 aromatic heterocycles. The van der Waals surface area contributed by atoms with Gasteiger partial charge in [0, 0.05) is 25.8 Å². The van der Waals surface area contributed by atoms with Gasteiger partial charge in [-0.15, -0.1) is 0 Å². The normalized spacial score (nSPS) is 12.1. The van der Waals surface area contributed by atoms with Gasteiger partial charge in [-0.05, 0) is 39.8 Å². The maximum Gasteiger partial charge on any atom is 0.130 e. The van der Waals surface area contributed by atoms with Crippen LogP contribution in [0.5, 0.6) is 0 Å². The van der Waals surface area contributed by atoms with Gasteiger partial charge in [-0.1, -0.05) is 6.92 Å².